The molecular formula is C21H27N3O4. The summed E-state index contributed by atoms with van der Waals surface area (Å²) in [5.74, 6) is 0.373. The van der Waals surface area contributed by atoms with Crippen molar-refractivity contribution >= 4 is 23.4 Å². The summed E-state index contributed by atoms with van der Waals surface area (Å²) in [6.07, 6.45) is 3.17. The van der Waals surface area contributed by atoms with Gasteiger partial charge in [-0.1, -0.05) is 0 Å². The van der Waals surface area contributed by atoms with Crippen LogP contribution >= 0.6 is 0 Å². The number of carbonyl (C=O) groups excluding carboxylic acids is 3. The van der Waals surface area contributed by atoms with Gasteiger partial charge in [-0.2, -0.15) is 0 Å². The number of likely N-dealkylation sites (tertiary alicyclic amines) is 2. The Bertz CT molecular complexity index is 837. The van der Waals surface area contributed by atoms with Crippen LogP contribution in [0.5, 0.6) is 5.75 Å². The number of piperidine rings is 1. The van der Waals surface area contributed by atoms with Crippen molar-refractivity contribution in [2.75, 3.05) is 31.6 Å². The molecule has 1 unspecified atom stereocenters. The summed E-state index contributed by atoms with van der Waals surface area (Å²) >= 11 is 0. The molecule has 3 aliphatic heterocycles. The second kappa shape index (κ2) is 6.79. The van der Waals surface area contributed by atoms with Crippen LogP contribution < -0.4 is 9.64 Å². The van der Waals surface area contributed by atoms with E-state index in [2.05, 4.69) is 0 Å². The summed E-state index contributed by atoms with van der Waals surface area (Å²) < 4.78 is 5.46. The summed E-state index contributed by atoms with van der Waals surface area (Å²) in [6.45, 7) is 5.39. The van der Waals surface area contributed by atoms with Crippen LogP contribution in [0.15, 0.2) is 18.2 Å². The Morgan fingerprint density at radius 2 is 1.86 bits per heavy atom. The lowest BCUT2D eigenvalue weighted by molar-refractivity contribution is -0.147. The summed E-state index contributed by atoms with van der Waals surface area (Å²) in [5.41, 5.74) is 0.349. The molecular weight excluding hydrogens is 358 g/mol. The van der Waals surface area contributed by atoms with Crippen LogP contribution in [-0.4, -0.2) is 65.8 Å². The monoisotopic (exact) mass is 385 g/mol. The molecule has 1 aromatic rings. The van der Waals surface area contributed by atoms with Gasteiger partial charge in [-0.05, 0) is 57.7 Å². The minimum Gasteiger partial charge on any atom is -0.482 e. The third-order valence-electron chi connectivity index (χ3n) is 6.30. The van der Waals surface area contributed by atoms with E-state index >= 15 is 0 Å². The Balaban J connectivity index is 1.66. The molecule has 0 saturated carbocycles. The molecule has 3 amide bonds. The van der Waals surface area contributed by atoms with E-state index in [1.165, 1.54) is 4.90 Å². The van der Waals surface area contributed by atoms with Gasteiger partial charge >= 0.3 is 0 Å². The lowest BCUT2D eigenvalue weighted by Crippen LogP contribution is -2.62. The van der Waals surface area contributed by atoms with Crippen LogP contribution in [0.4, 0.5) is 5.69 Å². The fourth-order valence-electron chi connectivity index (χ4n) is 4.73. The van der Waals surface area contributed by atoms with Crippen molar-refractivity contribution in [3.63, 3.8) is 0 Å². The van der Waals surface area contributed by atoms with E-state index in [4.69, 9.17) is 4.74 Å². The van der Waals surface area contributed by atoms with Gasteiger partial charge in [-0.3, -0.25) is 14.4 Å². The van der Waals surface area contributed by atoms with E-state index in [9.17, 15) is 14.4 Å². The van der Waals surface area contributed by atoms with Crippen molar-refractivity contribution in [1.82, 2.24) is 9.80 Å². The molecule has 1 atom stereocenters. The summed E-state index contributed by atoms with van der Waals surface area (Å²) in [7, 11) is 1.68. The van der Waals surface area contributed by atoms with Gasteiger partial charge in [0, 0.05) is 31.7 Å². The number of ether oxygens (including phenoxy) is 1. The summed E-state index contributed by atoms with van der Waals surface area (Å²) in [6, 6.07) is 5.29. The minimum atomic E-state index is -0.728. The van der Waals surface area contributed by atoms with Gasteiger partial charge in [0.15, 0.2) is 6.61 Å². The number of amides is 3. The average molecular weight is 385 g/mol. The van der Waals surface area contributed by atoms with E-state index in [0.717, 1.165) is 19.4 Å². The molecule has 28 heavy (non-hydrogen) atoms. The molecule has 0 aromatic heterocycles. The fraction of sp³-hybridized carbons (Fsp3) is 0.571. The van der Waals surface area contributed by atoms with Gasteiger partial charge in [-0.25, -0.2) is 0 Å². The number of hydrogen-bond donors (Lipinski definition) is 0. The quantitative estimate of drug-likeness (QED) is 0.781. The van der Waals surface area contributed by atoms with Crippen molar-refractivity contribution in [3.05, 3.63) is 23.8 Å². The summed E-state index contributed by atoms with van der Waals surface area (Å²) in [4.78, 5) is 43.9. The zero-order valence-corrected chi connectivity index (χ0v) is 16.7. The van der Waals surface area contributed by atoms with Gasteiger partial charge in [-0.15, -0.1) is 0 Å². The van der Waals surface area contributed by atoms with Crippen LogP contribution in [0.1, 0.15) is 49.9 Å². The number of carbonyl (C=O) groups is 3. The van der Waals surface area contributed by atoms with Crippen LogP contribution in [0.3, 0.4) is 0 Å². The van der Waals surface area contributed by atoms with E-state index in [-0.39, 0.29) is 30.4 Å². The number of anilines is 1. The van der Waals surface area contributed by atoms with Crippen LogP contribution in [0, 0.1) is 0 Å². The molecule has 0 N–H and O–H groups in total. The second-order valence-electron chi connectivity index (χ2n) is 8.21. The average Bonchev–Trinajstić information content (AvgIpc) is 3.10. The van der Waals surface area contributed by atoms with Gasteiger partial charge in [0.05, 0.1) is 5.69 Å². The smallest absolute Gasteiger partial charge is 0.264 e. The molecule has 1 aromatic carbocycles. The second-order valence-corrected chi connectivity index (χ2v) is 8.21. The highest BCUT2D eigenvalue weighted by Crippen LogP contribution is 2.40. The molecule has 0 radical (unpaired) electrons. The maximum Gasteiger partial charge on any atom is 0.264 e. The Morgan fingerprint density at radius 1 is 1.14 bits per heavy atom. The van der Waals surface area contributed by atoms with E-state index in [1.807, 2.05) is 18.7 Å². The molecule has 2 saturated heterocycles. The number of fused-ring (bicyclic) bond motifs is 1. The normalized spacial score (nSPS) is 24.8. The molecule has 1 spiro atoms. The lowest BCUT2D eigenvalue weighted by atomic mass is 9.84. The third-order valence-corrected chi connectivity index (χ3v) is 6.30. The van der Waals surface area contributed by atoms with E-state index in [1.54, 1.807) is 30.1 Å². The Hall–Kier alpha value is -2.57. The first kappa shape index (κ1) is 18.8. The maximum absolute atomic E-state index is 13.4. The predicted octanol–water partition coefficient (Wildman–Crippen LogP) is 2.05. The molecule has 3 aliphatic rings. The SMILES string of the molecule is CC(C)N1CCCC2(CCCN2C(=O)c2ccc3c(c2)N(C)C(=O)CO3)C1=O. The standard InChI is InChI=1S/C21H27N3O4/c1-14(2)23-10-4-8-21(20(23)27)9-5-11-24(21)19(26)15-6-7-17-16(12-15)22(3)18(25)13-28-17/h6-7,12,14H,4-5,8-11,13H2,1-3H3. The van der Waals surface area contributed by atoms with Crippen molar-refractivity contribution < 1.29 is 19.1 Å². The molecule has 150 valence electrons. The molecule has 7 nitrogen and oxygen atoms in total. The van der Waals surface area contributed by atoms with Gasteiger partial charge in [0.1, 0.15) is 11.3 Å². The van der Waals surface area contributed by atoms with E-state index < -0.39 is 5.54 Å². The van der Waals surface area contributed by atoms with Crippen molar-refractivity contribution in [2.24, 2.45) is 0 Å². The fourth-order valence-corrected chi connectivity index (χ4v) is 4.73. The molecule has 3 heterocycles. The van der Waals surface area contributed by atoms with E-state index in [0.29, 0.717) is 36.4 Å². The number of benzene rings is 1. The number of likely N-dealkylation sites (N-methyl/N-ethyl adjacent to an activating group) is 1. The highest BCUT2D eigenvalue weighted by molar-refractivity contribution is 6.03. The largest absolute Gasteiger partial charge is 0.482 e. The molecule has 2 fully saturated rings. The summed E-state index contributed by atoms with van der Waals surface area (Å²) in [5, 5.41) is 0. The molecule has 4 rings (SSSR count). The van der Waals surface area contributed by atoms with Crippen LogP contribution in [-0.2, 0) is 9.59 Å². The lowest BCUT2D eigenvalue weighted by Gasteiger charge is -2.46. The molecule has 0 aliphatic carbocycles. The van der Waals surface area contributed by atoms with Crippen LogP contribution in [0.25, 0.3) is 0 Å². The Morgan fingerprint density at radius 3 is 2.57 bits per heavy atom. The first-order valence-electron chi connectivity index (χ1n) is 10.0. The van der Waals surface area contributed by atoms with Crippen LogP contribution in [0.2, 0.25) is 0 Å². The first-order chi connectivity index (χ1) is 13.3. The molecule has 7 heteroatoms. The number of hydrogen-bond acceptors (Lipinski definition) is 4. The molecule has 0 bridgehead atoms. The third kappa shape index (κ3) is 2.75. The van der Waals surface area contributed by atoms with Crippen molar-refractivity contribution in [3.8, 4) is 5.75 Å². The Kier molecular flexibility index (Phi) is 4.56. The van der Waals surface area contributed by atoms with Gasteiger partial charge < -0.3 is 19.4 Å². The van der Waals surface area contributed by atoms with Crippen molar-refractivity contribution in [1.29, 1.82) is 0 Å². The number of nitrogens with zero attached hydrogens (tertiary/aromatic N) is 3. The van der Waals surface area contributed by atoms with Gasteiger partial charge in [0.2, 0.25) is 5.91 Å². The topological polar surface area (TPSA) is 70.2 Å². The minimum absolute atomic E-state index is 0.00552. The predicted molar refractivity (Wildman–Crippen MR) is 104 cm³/mol. The Labute approximate surface area is 165 Å². The first-order valence-corrected chi connectivity index (χ1v) is 10.0. The zero-order valence-electron chi connectivity index (χ0n) is 16.7. The number of rotatable bonds is 2. The highest BCUT2D eigenvalue weighted by atomic mass is 16.5. The van der Waals surface area contributed by atoms with Gasteiger partial charge in [0.25, 0.3) is 11.8 Å². The zero-order chi connectivity index (χ0) is 20.1. The maximum atomic E-state index is 13.4. The highest BCUT2D eigenvalue weighted by Gasteiger charge is 2.53. The van der Waals surface area contributed by atoms with Crippen molar-refractivity contribution in [2.45, 2.75) is 51.1 Å².